The molecule has 0 aliphatic heterocycles. The van der Waals surface area contributed by atoms with E-state index in [1.165, 1.54) is 29.8 Å². The van der Waals surface area contributed by atoms with Crippen LogP contribution in [0.2, 0.25) is 0 Å². The van der Waals surface area contributed by atoms with Crippen molar-refractivity contribution in [1.82, 2.24) is 0 Å². The molecule has 0 aliphatic rings. The Morgan fingerprint density at radius 1 is 1.04 bits per heavy atom. The standard InChI is InChI=1S/C18H21NO4S/c1-13(2)14-4-6-15(7-5-14)19-18(20)12-23-16-8-10-17(11-9-16)24(3,21)22/h4-11,13H,12H2,1-3H3,(H,19,20). The van der Waals surface area contributed by atoms with Crippen molar-refractivity contribution in [2.45, 2.75) is 24.7 Å². The summed E-state index contributed by atoms with van der Waals surface area (Å²) in [4.78, 5) is 12.1. The lowest BCUT2D eigenvalue weighted by Crippen LogP contribution is -2.20. The number of sulfone groups is 1. The molecule has 0 saturated heterocycles. The van der Waals surface area contributed by atoms with Crippen LogP contribution < -0.4 is 10.1 Å². The number of anilines is 1. The maximum Gasteiger partial charge on any atom is 0.262 e. The van der Waals surface area contributed by atoms with E-state index in [4.69, 9.17) is 4.74 Å². The minimum absolute atomic E-state index is 0.149. The number of hydrogen-bond donors (Lipinski definition) is 1. The summed E-state index contributed by atoms with van der Waals surface area (Å²) in [5.41, 5.74) is 1.91. The molecule has 0 aliphatic carbocycles. The zero-order valence-corrected chi connectivity index (χ0v) is 14.8. The minimum atomic E-state index is -3.24. The summed E-state index contributed by atoms with van der Waals surface area (Å²) >= 11 is 0. The Kier molecular flexibility index (Phi) is 5.62. The van der Waals surface area contributed by atoms with Gasteiger partial charge in [-0.25, -0.2) is 8.42 Å². The maximum atomic E-state index is 11.9. The average Bonchev–Trinajstić information content (AvgIpc) is 2.53. The largest absolute Gasteiger partial charge is 0.484 e. The lowest BCUT2D eigenvalue weighted by molar-refractivity contribution is -0.118. The van der Waals surface area contributed by atoms with Gasteiger partial charge < -0.3 is 10.1 Å². The van der Waals surface area contributed by atoms with Crippen molar-refractivity contribution in [3.05, 3.63) is 54.1 Å². The molecule has 128 valence electrons. The maximum absolute atomic E-state index is 11.9. The van der Waals surface area contributed by atoms with Crippen LogP contribution in [0, 0.1) is 0 Å². The number of carbonyl (C=O) groups excluding carboxylic acids is 1. The van der Waals surface area contributed by atoms with E-state index >= 15 is 0 Å². The third-order valence-electron chi connectivity index (χ3n) is 3.48. The fraction of sp³-hybridized carbons (Fsp3) is 0.278. The van der Waals surface area contributed by atoms with Crippen molar-refractivity contribution in [2.24, 2.45) is 0 Å². The molecule has 0 aromatic heterocycles. The first-order valence-corrected chi connectivity index (χ1v) is 9.47. The van der Waals surface area contributed by atoms with Gasteiger partial charge in [0.15, 0.2) is 16.4 Å². The van der Waals surface area contributed by atoms with E-state index < -0.39 is 9.84 Å². The molecule has 0 atom stereocenters. The van der Waals surface area contributed by atoms with Crippen molar-refractivity contribution in [3.63, 3.8) is 0 Å². The molecule has 1 amide bonds. The van der Waals surface area contributed by atoms with Crippen molar-refractivity contribution >= 4 is 21.4 Å². The summed E-state index contributed by atoms with van der Waals surface area (Å²) in [5, 5.41) is 2.75. The highest BCUT2D eigenvalue weighted by Gasteiger charge is 2.08. The first kappa shape index (κ1) is 18.0. The van der Waals surface area contributed by atoms with Crippen LogP contribution in [0.5, 0.6) is 5.75 Å². The van der Waals surface area contributed by atoms with Gasteiger partial charge in [0.1, 0.15) is 5.75 Å². The summed E-state index contributed by atoms with van der Waals surface area (Å²) in [7, 11) is -3.24. The number of benzene rings is 2. The van der Waals surface area contributed by atoms with Gasteiger partial charge in [-0.15, -0.1) is 0 Å². The Morgan fingerprint density at radius 2 is 1.62 bits per heavy atom. The third-order valence-corrected chi connectivity index (χ3v) is 4.61. The van der Waals surface area contributed by atoms with Gasteiger partial charge in [0.2, 0.25) is 0 Å². The van der Waals surface area contributed by atoms with E-state index in [2.05, 4.69) is 19.2 Å². The number of ether oxygens (including phenoxy) is 1. The van der Waals surface area contributed by atoms with E-state index in [0.29, 0.717) is 17.4 Å². The SMILES string of the molecule is CC(C)c1ccc(NC(=O)COc2ccc(S(C)(=O)=O)cc2)cc1. The molecular weight excluding hydrogens is 326 g/mol. The topological polar surface area (TPSA) is 72.5 Å². The summed E-state index contributed by atoms with van der Waals surface area (Å²) in [6, 6.07) is 13.6. The van der Waals surface area contributed by atoms with Gasteiger partial charge in [0.25, 0.3) is 5.91 Å². The summed E-state index contributed by atoms with van der Waals surface area (Å²) in [5.74, 6) is 0.597. The predicted octanol–water partition coefficient (Wildman–Crippen LogP) is 3.23. The van der Waals surface area contributed by atoms with Crippen molar-refractivity contribution < 1.29 is 17.9 Å². The molecule has 0 heterocycles. The van der Waals surface area contributed by atoms with Crippen molar-refractivity contribution in [2.75, 3.05) is 18.2 Å². The first-order valence-electron chi connectivity index (χ1n) is 7.58. The zero-order chi connectivity index (χ0) is 17.7. The Balaban J connectivity index is 1.89. The van der Waals surface area contributed by atoms with Gasteiger partial charge in [-0.3, -0.25) is 4.79 Å². The Bertz CT molecular complexity index is 794. The fourth-order valence-corrected chi connectivity index (χ4v) is 2.71. The number of nitrogens with one attached hydrogen (secondary N) is 1. The molecule has 6 heteroatoms. The van der Waals surface area contributed by atoms with Crippen molar-refractivity contribution in [1.29, 1.82) is 0 Å². The van der Waals surface area contributed by atoms with E-state index in [9.17, 15) is 13.2 Å². The Hall–Kier alpha value is -2.34. The monoisotopic (exact) mass is 347 g/mol. The zero-order valence-electron chi connectivity index (χ0n) is 13.9. The predicted molar refractivity (Wildman–Crippen MR) is 94.2 cm³/mol. The highest BCUT2D eigenvalue weighted by atomic mass is 32.2. The minimum Gasteiger partial charge on any atom is -0.484 e. The number of carbonyl (C=O) groups is 1. The van der Waals surface area contributed by atoms with Crippen LogP contribution in [0.25, 0.3) is 0 Å². The highest BCUT2D eigenvalue weighted by molar-refractivity contribution is 7.90. The van der Waals surface area contributed by atoms with Gasteiger partial charge in [0.05, 0.1) is 4.90 Å². The molecular formula is C18H21NO4S. The molecule has 1 N–H and O–H groups in total. The normalized spacial score (nSPS) is 11.3. The van der Waals surface area contributed by atoms with Gasteiger partial charge in [0, 0.05) is 11.9 Å². The summed E-state index contributed by atoms with van der Waals surface area (Å²) in [6.07, 6.45) is 1.14. The molecule has 0 bridgehead atoms. The third kappa shape index (κ3) is 5.09. The Morgan fingerprint density at radius 3 is 2.12 bits per heavy atom. The van der Waals surface area contributed by atoms with Gasteiger partial charge in [-0.2, -0.15) is 0 Å². The molecule has 0 radical (unpaired) electrons. The number of rotatable bonds is 6. The fourth-order valence-electron chi connectivity index (χ4n) is 2.08. The van der Waals surface area contributed by atoms with Crippen LogP contribution >= 0.6 is 0 Å². The molecule has 0 spiro atoms. The lowest BCUT2D eigenvalue weighted by atomic mass is 10.0. The van der Waals surface area contributed by atoms with E-state index in [1.54, 1.807) is 0 Å². The van der Waals surface area contributed by atoms with Crippen LogP contribution in [0.4, 0.5) is 5.69 Å². The van der Waals surface area contributed by atoms with E-state index in [-0.39, 0.29) is 17.4 Å². The summed E-state index contributed by atoms with van der Waals surface area (Å²) < 4.78 is 28.1. The van der Waals surface area contributed by atoms with Crippen LogP contribution in [-0.4, -0.2) is 27.2 Å². The molecule has 0 unspecified atom stereocenters. The van der Waals surface area contributed by atoms with Crippen molar-refractivity contribution in [3.8, 4) is 5.75 Å². The van der Waals surface area contributed by atoms with E-state index in [1.807, 2.05) is 24.3 Å². The molecule has 0 fully saturated rings. The van der Waals surface area contributed by atoms with Crippen LogP contribution in [-0.2, 0) is 14.6 Å². The van der Waals surface area contributed by atoms with E-state index in [0.717, 1.165) is 6.26 Å². The van der Waals surface area contributed by atoms with Gasteiger partial charge in [-0.05, 0) is 47.9 Å². The smallest absolute Gasteiger partial charge is 0.262 e. The van der Waals surface area contributed by atoms with Crippen LogP contribution in [0.3, 0.4) is 0 Å². The lowest BCUT2D eigenvalue weighted by Gasteiger charge is -2.09. The molecule has 5 nitrogen and oxygen atoms in total. The number of hydrogen-bond acceptors (Lipinski definition) is 4. The first-order chi connectivity index (χ1) is 11.3. The second-order valence-electron chi connectivity index (χ2n) is 5.86. The second-order valence-corrected chi connectivity index (χ2v) is 7.87. The second kappa shape index (κ2) is 7.49. The average molecular weight is 347 g/mol. The molecule has 0 saturated carbocycles. The molecule has 2 aromatic rings. The van der Waals surface area contributed by atoms with Crippen LogP contribution in [0.1, 0.15) is 25.3 Å². The quantitative estimate of drug-likeness (QED) is 0.871. The van der Waals surface area contributed by atoms with Gasteiger partial charge >= 0.3 is 0 Å². The Labute approximate surface area is 142 Å². The molecule has 2 aromatic carbocycles. The van der Waals surface area contributed by atoms with Crippen LogP contribution in [0.15, 0.2) is 53.4 Å². The molecule has 24 heavy (non-hydrogen) atoms. The van der Waals surface area contributed by atoms with Gasteiger partial charge in [-0.1, -0.05) is 26.0 Å². The molecule has 2 rings (SSSR count). The number of amides is 1. The summed E-state index contributed by atoms with van der Waals surface area (Å²) in [6.45, 7) is 4.07. The highest BCUT2D eigenvalue weighted by Crippen LogP contribution is 2.18.